The van der Waals surface area contributed by atoms with Crippen molar-refractivity contribution in [3.63, 3.8) is 0 Å². The number of ketones is 3. The highest BCUT2D eigenvalue weighted by Gasteiger charge is 2.71. The van der Waals surface area contributed by atoms with Crippen molar-refractivity contribution in [3.8, 4) is 5.75 Å². The molecule has 4 aromatic rings. The lowest BCUT2D eigenvalue weighted by Gasteiger charge is -2.37. The first kappa shape index (κ1) is 25.8. The van der Waals surface area contributed by atoms with Crippen LogP contribution in [-0.2, 0) is 0 Å². The van der Waals surface area contributed by atoms with E-state index in [-0.39, 0.29) is 17.3 Å². The third-order valence-electron chi connectivity index (χ3n) is 8.60. The number of halogens is 2. The average molecular weight is 580 g/mol. The van der Waals surface area contributed by atoms with Crippen LogP contribution >= 0.6 is 23.2 Å². The maximum absolute atomic E-state index is 14.7. The van der Waals surface area contributed by atoms with Gasteiger partial charge in [0.25, 0.3) is 0 Å². The second-order valence-electron chi connectivity index (χ2n) is 10.6. The van der Waals surface area contributed by atoms with Crippen LogP contribution in [0.2, 0.25) is 10.0 Å². The fourth-order valence-electron chi connectivity index (χ4n) is 6.97. The minimum Gasteiger partial charge on any atom is -0.497 e. The number of methoxy groups -OCH3 is 1. The van der Waals surface area contributed by atoms with E-state index in [9.17, 15) is 14.4 Å². The van der Waals surface area contributed by atoms with E-state index in [0.29, 0.717) is 38.0 Å². The van der Waals surface area contributed by atoms with Gasteiger partial charge in [-0.25, -0.2) is 0 Å². The molecule has 7 heteroatoms. The van der Waals surface area contributed by atoms with Crippen molar-refractivity contribution in [2.45, 2.75) is 18.0 Å². The Morgan fingerprint density at radius 1 is 0.829 bits per heavy atom. The van der Waals surface area contributed by atoms with Gasteiger partial charge in [0.1, 0.15) is 17.2 Å². The molecule has 0 N–H and O–H groups in total. The molecule has 5 nitrogen and oxygen atoms in total. The standard InChI is InChI=1S/C34H23Cl2NO4/c1-41-24-9-5-7-21(18-24)31(38)30-29(20-6-4-8-22(35)17-20)34(32(39)25-10-2-3-11-26(25)33(34)40)28-15-12-19-16-23(36)13-14-27(19)37(28)30/h2-18,28-30H,1H3/t28?,29-,30+/m1/s1. The van der Waals surface area contributed by atoms with Gasteiger partial charge in [0.05, 0.1) is 13.2 Å². The Kier molecular flexibility index (Phi) is 5.93. The predicted octanol–water partition coefficient (Wildman–Crippen LogP) is 7.32. The number of anilines is 1. The van der Waals surface area contributed by atoms with Crippen molar-refractivity contribution in [2.24, 2.45) is 5.41 Å². The summed E-state index contributed by atoms with van der Waals surface area (Å²) in [6.45, 7) is 0. The van der Waals surface area contributed by atoms with Gasteiger partial charge in [-0.05, 0) is 53.6 Å². The summed E-state index contributed by atoms with van der Waals surface area (Å²) in [6, 6.07) is 24.8. The average Bonchev–Trinajstić information content (AvgIpc) is 3.42. The predicted molar refractivity (Wildman–Crippen MR) is 160 cm³/mol. The van der Waals surface area contributed by atoms with Crippen LogP contribution in [0.5, 0.6) is 5.75 Å². The first-order valence-corrected chi connectivity index (χ1v) is 14.0. The SMILES string of the molecule is COc1cccc(C(=O)[C@@H]2[C@@H](c3cccc(Cl)c3)C3(C(=O)c4ccccc4C3=O)C3C=Cc4cc(Cl)ccc4N32)c1. The van der Waals surface area contributed by atoms with Crippen molar-refractivity contribution in [3.05, 3.63) is 135 Å². The zero-order valence-electron chi connectivity index (χ0n) is 21.9. The second-order valence-corrected chi connectivity index (χ2v) is 11.4. The fourth-order valence-corrected chi connectivity index (χ4v) is 7.35. The van der Waals surface area contributed by atoms with Crippen LogP contribution in [0.25, 0.3) is 6.08 Å². The molecule has 0 amide bonds. The quantitative estimate of drug-likeness (QED) is 0.187. The Bertz CT molecular complexity index is 1780. The molecule has 1 unspecified atom stereocenters. The van der Waals surface area contributed by atoms with Crippen LogP contribution in [0.1, 0.15) is 48.1 Å². The maximum Gasteiger partial charge on any atom is 0.186 e. The van der Waals surface area contributed by atoms with Crippen molar-refractivity contribution >= 4 is 52.3 Å². The van der Waals surface area contributed by atoms with Gasteiger partial charge in [-0.2, -0.15) is 0 Å². The highest BCUT2D eigenvalue weighted by atomic mass is 35.5. The summed E-state index contributed by atoms with van der Waals surface area (Å²) in [5, 5.41) is 0.997. The number of hydrogen-bond acceptors (Lipinski definition) is 5. The number of Topliss-reactive ketones (excluding diaryl/α,β-unsaturated/α-hetero) is 3. The van der Waals surface area contributed by atoms with Gasteiger partial charge in [-0.1, -0.05) is 83.9 Å². The smallest absolute Gasteiger partial charge is 0.186 e. The third kappa shape index (κ3) is 3.59. The normalized spacial score (nSPS) is 21.5. The molecule has 1 fully saturated rings. The van der Waals surface area contributed by atoms with E-state index in [1.54, 1.807) is 79.9 Å². The van der Waals surface area contributed by atoms with Gasteiger partial charge in [0.2, 0.25) is 0 Å². The summed E-state index contributed by atoms with van der Waals surface area (Å²) in [5.41, 5.74) is 1.73. The molecule has 41 heavy (non-hydrogen) atoms. The molecule has 1 saturated heterocycles. The molecule has 3 atom stereocenters. The molecule has 4 aromatic carbocycles. The number of carbonyl (C=O) groups excluding carboxylic acids is 3. The zero-order chi connectivity index (χ0) is 28.5. The Balaban J connectivity index is 1.55. The fraction of sp³-hybridized carbons (Fsp3) is 0.147. The van der Waals surface area contributed by atoms with E-state index in [1.807, 2.05) is 35.3 Å². The monoisotopic (exact) mass is 579 g/mol. The molecule has 1 spiro atoms. The topological polar surface area (TPSA) is 63.7 Å². The number of benzene rings is 4. The number of rotatable bonds is 4. The summed E-state index contributed by atoms with van der Waals surface area (Å²) in [6.07, 6.45) is 3.76. The molecule has 0 bridgehead atoms. The summed E-state index contributed by atoms with van der Waals surface area (Å²) in [7, 11) is 1.54. The van der Waals surface area contributed by atoms with Gasteiger partial charge < -0.3 is 9.64 Å². The minimum absolute atomic E-state index is 0.233. The minimum atomic E-state index is -1.60. The van der Waals surface area contributed by atoms with Crippen molar-refractivity contribution in [2.75, 3.05) is 12.0 Å². The highest BCUT2D eigenvalue weighted by molar-refractivity contribution is 6.33. The van der Waals surface area contributed by atoms with Crippen LogP contribution in [0, 0.1) is 5.41 Å². The first-order chi connectivity index (χ1) is 19.9. The van der Waals surface area contributed by atoms with Crippen LogP contribution in [0.3, 0.4) is 0 Å². The molecular formula is C34H23Cl2NO4. The number of fused-ring (bicyclic) bond motifs is 5. The molecule has 1 aliphatic carbocycles. The second kappa shape index (κ2) is 9.44. The van der Waals surface area contributed by atoms with E-state index in [1.165, 1.54) is 0 Å². The molecule has 2 aliphatic heterocycles. The summed E-state index contributed by atoms with van der Waals surface area (Å²) < 4.78 is 5.42. The molecule has 3 aliphatic rings. The van der Waals surface area contributed by atoms with Gasteiger partial charge in [-0.3, -0.25) is 14.4 Å². The number of ether oxygens (including phenoxy) is 1. The van der Waals surface area contributed by atoms with Crippen LogP contribution in [0.15, 0.2) is 97.1 Å². The van der Waals surface area contributed by atoms with E-state index < -0.39 is 23.4 Å². The van der Waals surface area contributed by atoms with E-state index in [0.717, 1.165) is 11.3 Å². The van der Waals surface area contributed by atoms with Crippen molar-refractivity contribution < 1.29 is 19.1 Å². The first-order valence-electron chi connectivity index (χ1n) is 13.2. The van der Waals surface area contributed by atoms with E-state index in [4.69, 9.17) is 27.9 Å². The van der Waals surface area contributed by atoms with Crippen molar-refractivity contribution in [1.29, 1.82) is 0 Å². The van der Waals surface area contributed by atoms with Crippen molar-refractivity contribution in [1.82, 2.24) is 0 Å². The van der Waals surface area contributed by atoms with Gasteiger partial charge in [0, 0.05) is 38.3 Å². The molecule has 0 saturated carbocycles. The molecule has 0 aromatic heterocycles. The molecule has 202 valence electrons. The molecule has 0 radical (unpaired) electrons. The summed E-state index contributed by atoms with van der Waals surface area (Å²) in [4.78, 5) is 46.0. The van der Waals surface area contributed by atoms with Gasteiger partial charge in [-0.15, -0.1) is 0 Å². The highest BCUT2D eigenvalue weighted by Crippen LogP contribution is 2.61. The lowest BCUT2D eigenvalue weighted by Crippen LogP contribution is -2.48. The van der Waals surface area contributed by atoms with Gasteiger partial charge in [0.15, 0.2) is 17.3 Å². The summed E-state index contributed by atoms with van der Waals surface area (Å²) in [5.74, 6) is -1.13. The Labute approximate surface area is 247 Å². The van der Waals surface area contributed by atoms with E-state index in [2.05, 4.69) is 0 Å². The lowest BCUT2D eigenvalue weighted by atomic mass is 9.64. The maximum atomic E-state index is 14.7. The molecule has 2 heterocycles. The Hall–Kier alpha value is -4.19. The largest absolute Gasteiger partial charge is 0.497 e. The third-order valence-corrected chi connectivity index (χ3v) is 9.07. The Morgan fingerprint density at radius 3 is 2.24 bits per heavy atom. The van der Waals surface area contributed by atoms with Crippen LogP contribution in [0.4, 0.5) is 5.69 Å². The van der Waals surface area contributed by atoms with Gasteiger partial charge >= 0.3 is 0 Å². The number of hydrogen-bond donors (Lipinski definition) is 0. The Morgan fingerprint density at radius 2 is 1.54 bits per heavy atom. The summed E-state index contributed by atoms with van der Waals surface area (Å²) >= 11 is 12.9. The van der Waals surface area contributed by atoms with Crippen LogP contribution < -0.4 is 9.64 Å². The van der Waals surface area contributed by atoms with E-state index >= 15 is 0 Å². The molecular weight excluding hydrogens is 557 g/mol. The lowest BCUT2D eigenvalue weighted by molar-refractivity contribution is 0.0666. The molecule has 7 rings (SSSR count). The zero-order valence-corrected chi connectivity index (χ0v) is 23.4. The number of nitrogens with zero attached hydrogens (tertiary/aromatic N) is 1. The van der Waals surface area contributed by atoms with Crippen LogP contribution in [-0.4, -0.2) is 36.5 Å². The number of carbonyl (C=O) groups is 3.